The predicted octanol–water partition coefficient (Wildman–Crippen LogP) is 4.46. The van der Waals surface area contributed by atoms with Crippen LogP contribution in [-0.4, -0.2) is 17.0 Å². The number of aromatic nitrogens is 1. The zero-order chi connectivity index (χ0) is 15.0. The Bertz CT molecular complexity index is 686. The molecule has 0 aliphatic heterocycles. The van der Waals surface area contributed by atoms with Crippen LogP contribution in [0, 0.1) is 13.8 Å². The number of carbonyl (C=O) groups is 1. The molecule has 4 heteroatoms. The molecule has 0 atom stereocenters. The summed E-state index contributed by atoms with van der Waals surface area (Å²) in [6, 6.07) is 10.1. The maximum atomic E-state index is 12.4. The number of hydrogen-bond acceptors (Lipinski definition) is 2. The SMILES string of the molecule is Cc1cc(C(=O)COc2cccc(Br)c2)c(C)n1C1CC1. The molecule has 2 aromatic rings. The van der Waals surface area contributed by atoms with E-state index in [2.05, 4.69) is 27.4 Å². The molecule has 0 spiro atoms. The fourth-order valence-electron chi connectivity index (χ4n) is 2.74. The van der Waals surface area contributed by atoms with Gasteiger partial charge in [0.05, 0.1) is 0 Å². The molecule has 0 N–H and O–H groups in total. The van der Waals surface area contributed by atoms with E-state index >= 15 is 0 Å². The molecule has 1 aliphatic carbocycles. The standard InChI is InChI=1S/C17H18BrNO2/c1-11-8-16(12(2)19(11)14-6-7-14)17(20)10-21-15-5-3-4-13(18)9-15/h3-5,8-9,14H,6-7,10H2,1-2H3. The minimum Gasteiger partial charge on any atom is -0.485 e. The molecular weight excluding hydrogens is 330 g/mol. The Hall–Kier alpha value is -1.55. The van der Waals surface area contributed by atoms with Crippen LogP contribution in [-0.2, 0) is 0 Å². The second kappa shape index (κ2) is 5.68. The van der Waals surface area contributed by atoms with Gasteiger partial charge >= 0.3 is 0 Å². The van der Waals surface area contributed by atoms with Crippen LogP contribution in [0.3, 0.4) is 0 Å². The van der Waals surface area contributed by atoms with Crippen molar-refractivity contribution in [2.24, 2.45) is 0 Å². The lowest BCUT2D eigenvalue weighted by atomic mass is 10.1. The molecule has 1 aliphatic rings. The summed E-state index contributed by atoms with van der Waals surface area (Å²) in [5.41, 5.74) is 3.02. The Morgan fingerprint density at radius 3 is 2.76 bits per heavy atom. The van der Waals surface area contributed by atoms with Crippen LogP contribution in [0.5, 0.6) is 5.75 Å². The van der Waals surface area contributed by atoms with Crippen molar-refractivity contribution in [3.8, 4) is 5.75 Å². The van der Waals surface area contributed by atoms with E-state index in [1.165, 1.54) is 18.5 Å². The summed E-state index contributed by atoms with van der Waals surface area (Å²) in [5, 5.41) is 0. The highest BCUT2D eigenvalue weighted by atomic mass is 79.9. The van der Waals surface area contributed by atoms with E-state index in [1.54, 1.807) is 0 Å². The molecule has 0 amide bonds. The van der Waals surface area contributed by atoms with Crippen molar-refractivity contribution in [3.63, 3.8) is 0 Å². The van der Waals surface area contributed by atoms with Gasteiger partial charge in [0.1, 0.15) is 5.75 Å². The number of nitrogens with zero attached hydrogens (tertiary/aromatic N) is 1. The number of rotatable bonds is 5. The number of hydrogen-bond donors (Lipinski definition) is 0. The molecule has 3 nitrogen and oxygen atoms in total. The number of Topliss-reactive ketones (excluding diaryl/α,β-unsaturated/α-hetero) is 1. The molecule has 0 unspecified atom stereocenters. The van der Waals surface area contributed by atoms with Gasteiger partial charge in [-0.05, 0) is 51.0 Å². The average molecular weight is 348 g/mol. The normalized spacial score (nSPS) is 14.2. The molecule has 0 bridgehead atoms. The molecule has 1 heterocycles. The van der Waals surface area contributed by atoms with Gasteiger partial charge in [-0.3, -0.25) is 4.79 Å². The van der Waals surface area contributed by atoms with Gasteiger partial charge in [-0.1, -0.05) is 22.0 Å². The summed E-state index contributed by atoms with van der Waals surface area (Å²) in [4.78, 5) is 12.4. The van der Waals surface area contributed by atoms with Crippen LogP contribution in [0.2, 0.25) is 0 Å². The lowest BCUT2D eigenvalue weighted by Gasteiger charge is -2.08. The second-order valence-electron chi connectivity index (χ2n) is 5.56. The third-order valence-electron chi connectivity index (χ3n) is 3.86. The van der Waals surface area contributed by atoms with Crippen LogP contribution < -0.4 is 4.74 Å². The quantitative estimate of drug-likeness (QED) is 0.747. The van der Waals surface area contributed by atoms with Gasteiger partial charge < -0.3 is 9.30 Å². The third-order valence-corrected chi connectivity index (χ3v) is 4.36. The molecule has 1 fully saturated rings. The van der Waals surface area contributed by atoms with Crippen LogP contribution in [0.4, 0.5) is 0 Å². The smallest absolute Gasteiger partial charge is 0.202 e. The number of halogens is 1. The predicted molar refractivity (Wildman–Crippen MR) is 86.1 cm³/mol. The third kappa shape index (κ3) is 3.05. The average Bonchev–Trinajstić information content (AvgIpc) is 3.22. The Labute approximate surface area is 133 Å². The summed E-state index contributed by atoms with van der Waals surface area (Å²) in [6.45, 7) is 4.17. The van der Waals surface area contributed by atoms with Crippen LogP contribution in [0.1, 0.15) is 40.6 Å². The number of ketones is 1. The van der Waals surface area contributed by atoms with Crippen LogP contribution >= 0.6 is 15.9 Å². The maximum absolute atomic E-state index is 12.4. The molecule has 21 heavy (non-hydrogen) atoms. The van der Waals surface area contributed by atoms with E-state index in [1.807, 2.05) is 37.3 Å². The van der Waals surface area contributed by atoms with Crippen LogP contribution in [0.15, 0.2) is 34.8 Å². The van der Waals surface area contributed by atoms with Gasteiger partial charge in [0.25, 0.3) is 0 Å². The lowest BCUT2D eigenvalue weighted by Crippen LogP contribution is -2.12. The van der Waals surface area contributed by atoms with Crippen molar-refractivity contribution in [1.82, 2.24) is 4.57 Å². The van der Waals surface area contributed by atoms with Gasteiger partial charge in [-0.2, -0.15) is 0 Å². The zero-order valence-corrected chi connectivity index (χ0v) is 13.8. The Balaban J connectivity index is 1.72. The molecule has 1 aromatic heterocycles. The van der Waals surface area contributed by atoms with E-state index in [0.717, 1.165) is 15.7 Å². The van der Waals surface area contributed by atoms with Crippen molar-refractivity contribution >= 4 is 21.7 Å². The topological polar surface area (TPSA) is 31.2 Å². The van der Waals surface area contributed by atoms with Crippen LogP contribution in [0.25, 0.3) is 0 Å². The molecule has 0 saturated heterocycles. The van der Waals surface area contributed by atoms with E-state index in [9.17, 15) is 4.79 Å². The molecule has 0 radical (unpaired) electrons. The van der Waals surface area contributed by atoms with Crippen molar-refractivity contribution in [1.29, 1.82) is 0 Å². The highest BCUT2D eigenvalue weighted by Gasteiger charge is 2.28. The fraction of sp³-hybridized carbons (Fsp3) is 0.353. The summed E-state index contributed by atoms with van der Waals surface area (Å²) >= 11 is 3.39. The van der Waals surface area contributed by atoms with Gasteiger partial charge in [0, 0.05) is 27.5 Å². The van der Waals surface area contributed by atoms with Gasteiger partial charge in [-0.15, -0.1) is 0 Å². The van der Waals surface area contributed by atoms with E-state index in [-0.39, 0.29) is 12.4 Å². The Morgan fingerprint density at radius 1 is 1.33 bits per heavy atom. The lowest BCUT2D eigenvalue weighted by molar-refractivity contribution is 0.0920. The molecule has 110 valence electrons. The van der Waals surface area contributed by atoms with E-state index in [0.29, 0.717) is 11.8 Å². The second-order valence-corrected chi connectivity index (χ2v) is 6.47. The summed E-state index contributed by atoms with van der Waals surface area (Å²) < 4.78 is 8.82. The number of aryl methyl sites for hydroxylation is 1. The summed E-state index contributed by atoms with van der Waals surface area (Å²) in [5.74, 6) is 0.740. The maximum Gasteiger partial charge on any atom is 0.202 e. The Kier molecular flexibility index (Phi) is 3.89. The van der Waals surface area contributed by atoms with Gasteiger partial charge in [-0.25, -0.2) is 0 Å². The van der Waals surface area contributed by atoms with E-state index in [4.69, 9.17) is 4.74 Å². The minimum absolute atomic E-state index is 0.0370. The fourth-order valence-corrected chi connectivity index (χ4v) is 3.12. The summed E-state index contributed by atoms with van der Waals surface area (Å²) in [7, 11) is 0. The molecular formula is C17H18BrNO2. The van der Waals surface area contributed by atoms with Gasteiger partial charge in [0.2, 0.25) is 5.78 Å². The molecule has 1 aromatic carbocycles. The first kappa shape index (κ1) is 14.4. The van der Waals surface area contributed by atoms with Crippen molar-refractivity contribution in [3.05, 3.63) is 51.8 Å². The number of ether oxygens (including phenoxy) is 1. The first-order valence-corrected chi connectivity index (χ1v) is 7.95. The Morgan fingerprint density at radius 2 is 2.10 bits per heavy atom. The van der Waals surface area contributed by atoms with E-state index < -0.39 is 0 Å². The largest absolute Gasteiger partial charge is 0.485 e. The number of benzene rings is 1. The molecule has 3 rings (SSSR count). The minimum atomic E-state index is 0.0370. The zero-order valence-electron chi connectivity index (χ0n) is 12.2. The van der Waals surface area contributed by atoms with Crippen molar-refractivity contribution < 1.29 is 9.53 Å². The highest BCUT2D eigenvalue weighted by molar-refractivity contribution is 9.10. The van der Waals surface area contributed by atoms with Crippen molar-refractivity contribution in [2.75, 3.05) is 6.61 Å². The monoisotopic (exact) mass is 347 g/mol. The van der Waals surface area contributed by atoms with Gasteiger partial charge in [0.15, 0.2) is 6.61 Å². The highest BCUT2D eigenvalue weighted by Crippen LogP contribution is 2.38. The first-order chi connectivity index (χ1) is 10.1. The molecule has 1 saturated carbocycles. The van der Waals surface area contributed by atoms with Crippen molar-refractivity contribution in [2.45, 2.75) is 32.7 Å². The summed E-state index contributed by atoms with van der Waals surface area (Å²) in [6.07, 6.45) is 2.44. The number of carbonyl (C=O) groups excluding carboxylic acids is 1. The first-order valence-electron chi connectivity index (χ1n) is 7.16.